The van der Waals surface area contributed by atoms with Gasteiger partial charge in [-0.3, -0.25) is 9.69 Å². The third-order valence-corrected chi connectivity index (χ3v) is 5.99. The normalized spacial score (nSPS) is 17.4. The number of nitrogens with zero attached hydrogens (tertiary/aromatic N) is 3. The molecule has 0 radical (unpaired) electrons. The van der Waals surface area contributed by atoms with Gasteiger partial charge < -0.3 is 10.8 Å². The maximum atomic E-state index is 13.2. The molecule has 4 rings (SSSR count). The highest BCUT2D eigenvalue weighted by Crippen LogP contribution is 2.41. The molecule has 7 nitrogen and oxygen atoms in total. The monoisotopic (exact) mass is 486 g/mol. The highest BCUT2D eigenvalue weighted by molar-refractivity contribution is 7.16. The van der Waals surface area contributed by atoms with Gasteiger partial charge in [-0.05, 0) is 34.9 Å². The molecule has 1 unspecified atom stereocenters. The van der Waals surface area contributed by atoms with Crippen molar-refractivity contribution in [3.05, 3.63) is 82.7 Å². The second-order valence-electron chi connectivity index (χ2n) is 7.07. The number of amides is 1. The molecule has 2 heterocycles. The number of alkyl halides is 3. The van der Waals surface area contributed by atoms with E-state index >= 15 is 0 Å². The summed E-state index contributed by atoms with van der Waals surface area (Å²) in [7, 11) is 1.63. The summed E-state index contributed by atoms with van der Waals surface area (Å²) in [6.07, 6.45) is -5.08. The first-order valence-corrected chi connectivity index (χ1v) is 10.4. The topological polar surface area (TPSA) is 120 Å². The van der Waals surface area contributed by atoms with E-state index in [0.717, 1.165) is 21.6 Å². The van der Waals surface area contributed by atoms with Gasteiger partial charge in [0.1, 0.15) is 10.9 Å². The predicted molar refractivity (Wildman–Crippen MR) is 120 cm³/mol. The van der Waals surface area contributed by atoms with Crippen molar-refractivity contribution in [2.24, 2.45) is 10.7 Å². The highest BCUT2D eigenvalue weighted by atomic mass is 32.1. The number of likely N-dealkylation sites (N-methyl/N-ethyl adjacent to an activating group) is 1. The van der Waals surface area contributed by atoms with Crippen molar-refractivity contribution in [3.63, 3.8) is 0 Å². The van der Waals surface area contributed by atoms with Gasteiger partial charge in [-0.25, -0.2) is 9.79 Å². The highest BCUT2D eigenvalue weighted by Gasteiger charge is 2.49. The zero-order valence-electron chi connectivity index (χ0n) is 17.6. The molecule has 3 N–H and O–H groups in total. The standard InChI is InChI=1S/C21H16N4OS.C2HF3O2/c1-25-19(26)21(24-20(25)23,15-7-3-2-4-8-15)16-9-5-6-14(12-16)18-11-10-17(13-22)27-18;3-2(4,5)1(6)7/h2-12H,1H3,(H2,23,24);(H,6,7). The Hall–Kier alpha value is -4.17. The molecule has 2 aromatic carbocycles. The number of halogens is 3. The average Bonchev–Trinajstić information content (AvgIpc) is 3.39. The van der Waals surface area contributed by atoms with E-state index in [-0.39, 0.29) is 11.9 Å². The molecule has 1 aromatic heterocycles. The number of hydrogen-bond acceptors (Lipinski definition) is 6. The Labute approximate surface area is 196 Å². The lowest BCUT2D eigenvalue weighted by molar-refractivity contribution is -0.192. The fraction of sp³-hybridized carbons (Fsp3) is 0.130. The van der Waals surface area contributed by atoms with E-state index in [1.807, 2.05) is 60.7 Å². The SMILES string of the molecule is CN1C(=O)C(c2ccccc2)(c2cccc(-c3ccc(C#N)s3)c2)N=C1N.O=C(O)C(F)(F)F. The molecule has 1 atom stereocenters. The van der Waals surface area contributed by atoms with Crippen LogP contribution in [-0.4, -0.2) is 41.1 Å². The molecule has 11 heteroatoms. The first-order valence-electron chi connectivity index (χ1n) is 9.60. The van der Waals surface area contributed by atoms with Gasteiger partial charge in [-0.1, -0.05) is 48.5 Å². The number of benzene rings is 2. The Balaban J connectivity index is 0.000000406. The summed E-state index contributed by atoms with van der Waals surface area (Å²) in [5.74, 6) is -2.75. The molecular formula is C23H17F3N4O3S. The van der Waals surface area contributed by atoms with E-state index in [2.05, 4.69) is 11.1 Å². The Bertz CT molecular complexity index is 1300. The number of guanidine groups is 1. The van der Waals surface area contributed by atoms with E-state index in [9.17, 15) is 18.0 Å². The van der Waals surface area contributed by atoms with Crippen LogP contribution < -0.4 is 5.73 Å². The molecule has 0 saturated heterocycles. The second kappa shape index (κ2) is 9.36. The summed E-state index contributed by atoms with van der Waals surface area (Å²) in [6, 6.07) is 23.0. The minimum atomic E-state index is -5.08. The summed E-state index contributed by atoms with van der Waals surface area (Å²) >= 11 is 1.42. The summed E-state index contributed by atoms with van der Waals surface area (Å²) < 4.78 is 31.7. The van der Waals surface area contributed by atoms with Crippen LogP contribution in [-0.2, 0) is 15.1 Å². The van der Waals surface area contributed by atoms with Gasteiger partial charge in [0.25, 0.3) is 5.91 Å². The number of aliphatic imine (C=N–C) groups is 1. The van der Waals surface area contributed by atoms with Gasteiger partial charge in [0.2, 0.25) is 0 Å². The fourth-order valence-corrected chi connectivity index (χ4v) is 4.11. The number of nitrogens with two attached hydrogens (primary N) is 1. The van der Waals surface area contributed by atoms with Gasteiger partial charge in [-0.2, -0.15) is 18.4 Å². The minimum absolute atomic E-state index is 0.188. The predicted octanol–water partition coefficient (Wildman–Crippen LogP) is 3.95. The quantitative estimate of drug-likeness (QED) is 0.581. The lowest BCUT2D eigenvalue weighted by atomic mass is 9.82. The van der Waals surface area contributed by atoms with E-state index in [1.54, 1.807) is 13.1 Å². The van der Waals surface area contributed by atoms with Crippen molar-refractivity contribution < 1.29 is 27.9 Å². The summed E-state index contributed by atoms with van der Waals surface area (Å²) in [5.41, 5.74) is 7.26. The molecule has 0 bridgehead atoms. The molecule has 1 aliphatic rings. The molecule has 0 aliphatic carbocycles. The lowest BCUT2D eigenvalue weighted by Crippen LogP contribution is -2.41. The van der Waals surface area contributed by atoms with E-state index in [0.29, 0.717) is 4.88 Å². The molecular weight excluding hydrogens is 469 g/mol. The smallest absolute Gasteiger partial charge is 0.475 e. The van der Waals surface area contributed by atoms with Crippen molar-refractivity contribution in [1.82, 2.24) is 4.90 Å². The number of aliphatic carboxylic acids is 1. The van der Waals surface area contributed by atoms with Crippen LogP contribution >= 0.6 is 11.3 Å². The second-order valence-corrected chi connectivity index (χ2v) is 8.15. The van der Waals surface area contributed by atoms with Crippen molar-refractivity contribution >= 4 is 29.2 Å². The molecule has 3 aromatic rings. The van der Waals surface area contributed by atoms with Gasteiger partial charge in [-0.15, -0.1) is 11.3 Å². The van der Waals surface area contributed by atoms with Crippen molar-refractivity contribution in [1.29, 1.82) is 5.26 Å². The third kappa shape index (κ3) is 4.62. The van der Waals surface area contributed by atoms with Gasteiger partial charge in [0.15, 0.2) is 11.5 Å². The largest absolute Gasteiger partial charge is 0.490 e. The number of hydrogen-bond donors (Lipinski definition) is 2. The van der Waals surface area contributed by atoms with E-state index in [1.165, 1.54) is 16.2 Å². The number of carbonyl (C=O) groups excluding carboxylic acids is 1. The first kappa shape index (κ1) is 24.5. The van der Waals surface area contributed by atoms with Gasteiger partial charge in [0, 0.05) is 11.9 Å². The minimum Gasteiger partial charge on any atom is -0.475 e. The van der Waals surface area contributed by atoms with Crippen LogP contribution in [0.2, 0.25) is 0 Å². The molecule has 0 saturated carbocycles. The van der Waals surface area contributed by atoms with Crippen LogP contribution in [0.5, 0.6) is 0 Å². The summed E-state index contributed by atoms with van der Waals surface area (Å²) in [5, 5.41) is 16.2. The number of carbonyl (C=O) groups is 2. The Morgan fingerprint density at radius 2 is 1.74 bits per heavy atom. The van der Waals surface area contributed by atoms with Gasteiger partial charge in [0.05, 0.1) is 0 Å². The van der Waals surface area contributed by atoms with Crippen LogP contribution in [0.4, 0.5) is 13.2 Å². The molecule has 1 amide bonds. The fourth-order valence-electron chi connectivity index (χ4n) is 3.31. The van der Waals surface area contributed by atoms with E-state index in [4.69, 9.17) is 20.9 Å². The van der Waals surface area contributed by atoms with Crippen molar-refractivity contribution in [2.75, 3.05) is 7.05 Å². The van der Waals surface area contributed by atoms with E-state index < -0.39 is 17.7 Å². The first-order chi connectivity index (χ1) is 16.0. The maximum absolute atomic E-state index is 13.2. The maximum Gasteiger partial charge on any atom is 0.490 e. The Kier molecular flexibility index (Phi) is 6.74. The molecule has 34 heavy (non-hydrogen) atoms. The van der Waals surface area contributed by atoms with Crippen LogP contribution in [0.1, 0.15) is 16.0 Å². The van der Waals surface area contributed by atoms with Crippen LogP contribution in [0.3, 0.4) is 0 Å². The van der Waals surface area contributed by atoms with Gasteiger partial charge >= 0.3 is 12.1 Å². The lowest BCUT2D eigenvalue weighted by Gasteiger charge is -2.26. The third-order valence-electron chi connectivity index (χ3n) is 4.96. The van der Waals surface area contributed by atoms with Crippen LogP contribution in [0, 0.1) is 11.3 Å². The van der Waals surface area contributed by atoms with Crippen molar-refractivity contribution in [3.8, 4) is 16.5 Å². The molecule has 1 aliphatic heterocycles. The van der Waals surface area contributed by atoms with Crippen LogP contribution in [0.25, 0.3) is 10.4 Å². The Morgan fingerprint density at radius 3 is 2.24 bits per heavy atom. The zero-order chi connectivity index (χ0) is 25.1. The number of carboxylic acid groups (broad SMARTS) is 1. The number of carboxylic acids is 1. The Morgan fingerprint density at radius 1 is 1.12 bits per heavy atom. The number of nitriles is 1. The average molecular weight is 486 g/mol. The molecule has 0 fully saturated rings. The number of thiophene rings is 1. The number of rotatable bonds is 3. The molecule has 0 spiro atoms. The van der Waals surface area contributed by atoms with Crippen molar-refractivity contribution in [2.45, 2.75) is 11.7 Å². The summed E-state index contributed by atoms with van der Waals surface area (Å²) in [4.78, 5) is 29.7. The molecule has 174 valence electrons. The van der Waals surface area contributed by atoms with Crippen LogP contribution in [0.15, 0.2) is 71.7 Å². The summed E-state index contributed by atoms with van der Waals surface area (Å²) in [6.45, 7) is 0. The zero-order valence-corrected chi connectivity index (χ0v) is 18.4.